The maximum atomic E-state index is 5.59. The maximum Gasteiger partial charge on any atom is 0.148 e. The molecule has 20 heavy (non-hydrogen) atoms. The first-order valence-electron chi connectivity index (χ1n) is 6.77. The molecule has 1 aliphatic heterocycles. The predicted octanol–water partition coefficient (Wildman–Crippen LogP) is 1.59. The zero-order valence-corrected chi connectivity index (χ0v) is 11.9. The standard InChI is InChI=1S/C16H21NO3/c1-3-9-20-15-7-5-4-6-14(15)11-17-12-16(18-2)8-10-19-13-16/h1,4-7,17H,8-13H2,2H3. The molecule has 1 aromatic rings. The number of hydrogen-bond acceptors (Lipinski definition) is 4. The highest BCUT2D eigenvalue weighted by molar-refractivity contribution is 5.33. The molecule has 108 valence electrons. The molecule has 0 bridgehead atoms. The predicted molar refractivity (Wildman–Crippen MR) is 77.7 cm³/mol. The summed E-state index contributed by atoms with van der Waals surface area (Å²) in [4.78, 5) is 0. The van der Waals surface area contributed by atoms with Gasteiger partial charge >= 0.3 is 0 Å². The van der Waals surface area contributed by atoms with Crippen molar-refractivity contribution in [2.75, 3.05) is 33.5 Å². The van der Waals surface area contributed by atoms with E-state index in [1.807, 2.05) is 24.3 Å². The van der Waals surface area contributed by atoms with E-state index >= 15 is 0 Å². The minimum Gasteiger partial charge on any atom is -0.481 e. The third-order valence-corrected chi connectivity index (χ3v) is 3.55. The summed E-state index contributed by atoms with van der Waals surface area (Å²) >= 11 is 0. The molecule has 0 amide bonds. The van der Waals surface area contributed by atoms with Crippen LogP contribution in [0.2, 0.25) is 0 Å². The first-order chi connectivity index (χ1) is 9.79. The molecule has 0 radical (unpaired) electrons. The summed E-state index contributed by atoms with van der Waals surface area (Å²) in [6.45, 7) is 3.16. The van der Waals surface area contributed by atoms with Gasteiger partial charge in [0.1, 0.15) is 18.0 Å². The third-order valence-electron chi connectivity index (χ3n) is 3.55. The van der Waals surface area contributed by atoms with Crippen LogP contribution in [0.5, 0.6) is 5.75 Å². The van der Waals surface area contributed by atoms with Gasteiger partial charge < -0.3 is 19.5 Å². The van der Waals surface area contributed by atoms with Gasteiger partial charge in [-0.2, -0.15) is 0 Å². The molecule has 1 fully saturated rings. The average molecular weight is 275 g/mol. The molecular formula is C16H21NO3. The smallest absolute Gasteiger partial charge is 0.148 e. The summed E-state index contributed by atoms with van der Waals surface area (Å²) in [6, 6.07) is 7.89. The normalized spacial score (nSPS) is 21.6. The van der Waals surface area contributed by atoms with Gasteiger partial charge in [-0.3, -0.25) is 0 Å². The first kappa shape index (κ1) is 14.9. The quantitative estimate of drug-likeness (QED) is 0.767. The van der Waals surface area contributed by atoms with E-state index in [0.717, 1.165) is 30.9 Å². The maximum absolute atomic E-state index is 5.59. The minimum absolute atomic E-state index is 0.200. The summed E-state index contributed by atoms with van der Waals surface area (Å²) < 4.78 is 16.5. The molecule has 0 aromatic heterocycles. The zero-order chi connectivity index (χ0) is 14.3. The van der Waals surface area contributed by atoms with Gasteiger partial charge in [-0.1, -0.05) is 24.1 Å². The number of para-hydroxylation sites is 1. The van der Waals surface area contributed by atoms with Crippen molar-refractivity contribution in [2.24, 2.45) is 0 Å². The lowest BCUT2D eigenvalue weighted by Gasteiger charge is -2.26. The second-order valence-electron chi connectivity index (χ2n) is 4.89. The number of ether oxygens (including phenoxy) is 3. The van der Waals surface area contributed by atoms with Crippen LogP contribution in [-0.2, 0) is 16.0 Å². The van der Waals surface area contributed by atoms with Gasteiger partial charge in [0.2, 0.25) is 0 Å². The molecule has 1 aliphatic rings. The minimum atomic E-state index is -0.200. The second-order valence-corrected chi connectivity index (χ2v) is 4.89. The summed E-state index contributed by atoms with van der Waals surface area (Å²) in [7, 11) is 1.74. The highest BCUT2D eigenvalue weighted by atomic mass is 16.5. The molecule has 0 saturated carbocycles. The number of rotatable bonds is 7. The highest BCUT2D eigenvalue weighted by Crippen LogP contribution is 2.22. The van der Waals surface area contributed by atoms with Crippen molar-refractivity contribution in [1.82, 2.24) is 5.32 Å². The van der Waals surface area contributed by atoms with E-state index < -0.39 is 0 Å². The van der Waals surface area contributed by atoms with Crippen LogP contribution < -0.4 is 10.1 Å². The van der Waals surface area contributed by atoms with Crippen LogP contribution in [0.25, 0.3) is 0 Å². The van der Waals surface area contributed by atoms with Crippen LogP contribution in [-0.4, -0.2) is 39.1 Å². The van der Waals surface area contributed by atoms with Crippen LogP contribution in [0.15, 0.2) is 24.3 Å². The summed E-state index contributed by atoms with van der Waals surface area (Å²) in [5.41, 5.74) is 0.891. The fraction of sp³-hybridized carbons (Fsp3) is 0.500. The monoisotopic (exact) mass is 275 g/mol. The molecular weight excluding hydrogens is 254 g/mol. The Morgan fingerprint density at radius 1 is 1.45 bits per heavy atom. The van der Waals surface area contributed by atoms with E-state index in [4.69, 9.17) is 20.6 Å². The van der Waals surface area contributed by atoms with E-state index in [0.29, 0.717) is 13.2 Å². The number of methoxy groups -OCH3 is 1. The molecule has 1 unspecified atom stereocenters. The largest absolute Gasteiger partial charge is 0.481 e. The Labute approximate surface area is 120 Å². The van der Waals surface area contributed by atoms with Gasteiger partial charge in [0.05, 0.1) is 6.61 Å². The van der Waals surface area contributed by atoms with Crippen LogP contribution in [0.4, 0.5) is 0 Å². The lowest BCUT2D eigenvalue weighted by molar-refractivity contribution is -0.0159. The Kier molecular flexibility index (Phi) is 5.42. The SMILES string of the molecule is C#CCOc1ccccc1CNCC1(OC)CCOC1. The summed E-state index contributed by atoms with van der Waals surface area (Å²) in [6.07, 6.45) is 6.15. The van der Waals surface area contributed by atoms with Gasteiger partial charge in [-0.25, -0.2) is 0 Å². The first-order valence-corrected chi connectivity index (χ1v) is 6.77. The number of benzene rings is 1. The molecule has 0 spiro atoms. The van der Waals surface area contributed by atoms with Crippen molar-refractivity contribution in [3.05, 3.63) is 29.8 Å². The molecule has 1 heterocycles. The molecule has 4 heteroatoms. The molecule has 4 nitrogen and oxygen atoms in total. The Bertz CT molecular complexity index is 461. The van der Waals surface area contributed by atoms with Gasteiger partial charge in [0.15, 0.2) is 0 Å². The molecule has 1 aromatic carbocycles. The van der Waals surface area contributed by atoms with Crippen molar-refractivity contribution in [1.29, 1.82) is 0 Å². The number of hydrogen-bond donors (Lipinski definition) is 1. The molecule has 1 saturated heterocycles. The summed E-state index contributed by atoms with van der Waals surface area (Å²) in [5, 5.41) is 3.42. The van der Waals surface area contributed by atoms with E-state index in [2.05, 4.69) is 11.2 Å². The van der Waals surface area contributed by atoms with E-state index in [9.17, 15) is 0 Å². The molecule has 0 aliphatic carbocycles. The van der Waals surface area contributed by atoms with Gasteiger partial charge in [-0.05, 0) is 6.07 Å². The van der Waals surface area contributed by atoms with Crippen LogP contribution in [0.3, 0.4) is 0 Å². The Morgan fingerprint density at radius 2 is 2.30 bits per heavy atom. The third kappa shape index (κ3) is 3.73. The van der Waals surface area contributed by atoms with Gasteiger partial charge in [0, 0.05) is 38.8 Å². The van der Waals surface area contributed by atoms with Crippen LogP contribution in [0.1, 0.15) is 12.0 Å². The Balaban J connectivity index is 1.89. The van der Waals surface area contributed by atoms with Gasteiger partial charge in [0.25, 0.3) is 0 Å². The zero-order valence-electron chi connectivity index (χ0n) is 11.9. The lowest BCUT2D eigenvalue weighted by atomic mass is 10.0. The van der Waals surface area contributed by atoms with Crippen LogP contribution >= 0.6 is 0 Å². The number of nitrogens with one attached hydrogen (secondary N) is 1. The average Bonchev–Trinajstić information content (AvgIpc) is 2.96. The number of terminal acetylenes is 1. The van der Waals surface area contributed by atoms with E-state index in [-0.39, 0.29) is 12.2 Å². The summed E-state index contributed by atoms with van der Waals surface area (Å²) in [5.74, 6) is 3.31. The van der Waals surface area contributed by atoms with Crippen LogP contribution in [0, 0.1) is 12.3 Å². The molecule has 2 rings (SSSR count). The van der Waals surface area contributed by atoms with E-state index in [1.54, 1.807) is 7.11 Å². The topological polar surface area (TPSA) is 39.7 Å². The van der Waals surface area contributed by atoms with Crippen molar-refractivity contribution in [3.63, 3.8) is 0 Å². The second kappa shape index (κ2) is 7.30. The van der Waals surface area contributed by atoms with Gasteiger partial charge in [-0.15, -0.1) is 6.42 Å². The highest BCUT2D eigenvalue weighted by Gasteiger charge is 2.34. The fourth-order valence-corrected chi connectivity index (χ4v) is 2.30. The Morgan fingerprint density at radius 3 is 3.00 bits per heavy atom. The van der Waals surface area contributed by atoms with Crippen molar-refractivity contribution >= 4 is 0 Å². The van der Waals surface area contributed by atoms with E-state index in [1.165, 1.54) is 0 Å². The Hall–Kier alpha value is -1.54. The lowest BCUT2D eigenvalue weighted by Crippen LogP contribution is -2.42. The van der Waals surface area contributed by atoms with Crippen molar-refractivity contribution < 1.29 is 14.2 Å². The van der Waals surface area contributed by atoms with Crippen molar-refractivity contribution in [3.8, 4) is 18.1 Å². The fourth-order valence-electron chi connectivity index (χ4n) is 2.30. The van der Waals surface area contributed by atoms with Crippen molar-refractivity contribution in [2.45, 2.75) is 18.6 Å². The molecule has 1 N–H and O–H groups in total. The molecule has 1 atom stereocenters.